The van der Waals surface area contributed by atoms with E-state index >= 15 is 0 Å². The number of phenolic OH excluding ortho intramolecular Hbond substituents is 1. The molecule has 6 nitrogen and oxygen atoms in total. The van der Waals surface area contributed by atoms with Crippen molar-refractivity contribution in [1.82, 2.24) is 15.3 Å². The summed E-state index contributed by atoms with van der Waals surface area (Å²) < 4.78 is 0. The largest absolute Gasteiger partial charge is 0.507 e. The number of aromatic hydroxyl groups is 1. The molecular formula is C11H11N3O3. The number of rotatable bonds is 1. The van der Waals surface area contributed by atoms with Crippen molar-refractivity contribution in [1.29, 1.82) is 0 Å². The summed E-state index contributed by atoms with van der Waals surface area (Å²) in [7, 11) is 1.53. The average Bonchev–Trinajstić information content (AvgIpc) is 2.44. The number of aromatic amines is 1. The summed E-state index contributed by atoms with van der Waals surface area (Å²) >= 11 is 0. The van der Waals surface area contributed by atoms with E-state index in [1.165, 1.54) is 13.1 Å². The predicted molar refractivity (Wildman–Crippen MR) is 60.8 cm³/mol. The Hall–Kier alpha value is -1.92. The lowest BCUT2D eigenvalue weighted by molar-refractivity contribution is 0.0408. The van der Waals surface area contributed by atoms with Crippen molar-refractivity contribution in [2.75, 3.05) is 7.05 Å². The molecule has 0 saturated heterocycles. The van der Waals surface area contributed by atoms with Gasteiger partial charge in [0.1, 0.15) is 5.75 Å². The van der Waals surface area contributed by atoms with Crippen molar-refractivity contribution in [2.24, 2.45) is 0 Å². The Kier molecular flexibility index (Phi) is 1.72. The van der Waals surface area contributed by atoms with Crippen molar-refractivity contribution in [3.63, 3.8) is 0 Å². The van der Waals surface area contributed by atoms with Gasteiger partial charge in [0.2, 0.25) is 5.72 Å². The molecule has 1 aromatic heterocycles. The quantitative estimate of drug-likeness (QED) is 0.505. The Morgan fingerprint density at radius 2 is 2.24 bits per heavy atom. The molecule has 0 fully saturated rings. The highest BCUT2D eigenvalue weighted by atomic mass is 16.3. The van der Waals surface area contributed by atoms with Crippen LogP contribution in [0.25, 0.3) is 10.9 Å². The summed E-state index contributed by atoms with van der Waals surface area (Å²) in [6.07, 6.45) is 0. The summed E-state index contributed by atoms with van der Waals surface area (Å²) in [6.45, 7) is 1.68. The molecule has 0 amide bonds. The molecule has 88 valence electrons. The van der Waals surface area contributed by atoms with Gasteiger partial charge >= 0.3 is 0 Å². The minimum Gasteiger partial charge on any atom is -0.507 e. The Morgan fingerprint density at radius 1 is 1.53 bits per heavy atom. The third-order valence-electron chi connectivity index (χ3n) is 3.29. The minimum atomic E-state index is -1.67. The van der Waals surface area contributed by atoms with Crippen LogP contribution in [-0.2, 0) is 5.72 Å². The molecule has 0 aliphatic carbocycles. The molecule has 2 aromatic rings. The lowest BCUT2D eigenvalue weighted by atomic mass is 9.96. The Morgan fingerprint density at radius 3 is 2.88 bits per heavy atom. The molecular weight excluding hydrogens is 222 g/mol. The third kappa shape index (κ3) is 1.01. The Bertz CT molecular complexity index is 707. The van der Waals surface area contributed by atoms with Gasteiger partial charge in [0.05, 0.1) is 16.5 Å². The van der Waals surface area contributed by atoms with Gasteiger partial charge in [0.25, 0.3) is 5.56 Å². The van der Waals surface area contributed by atoms with Gasteiger partial charge in [-0.15, -0.1) is 0 Å². The second-order valence-electron chi connectivity index (χ2n) is 4.16. The third-order valence-corrected chi connectivity index (χ3v) is 3.29. The number of benzene rings is 1. The van der Waals surface area contributed by atoms with E-state index < -0.39 is 5.72 Å². The van der Waals surface area contributed by atoms with Gasteiger partial charge in [-0.1, -0.05) is 0 Å². The SMILES string of the molecule is CNC1(O)c2nc3cc(O)c1c(C)c3c(=O)[nH]2. The molecule has 5 rings (SSSR count). The standard InChI is InChI=1S/C11H11N3O3/c1-4-7-5-3-6(15)8(4)11(17,12-2)10(13-5)14-9(7)16/h3,12,15,17H,1-2H3,(H,13,14,16). The molecule has 1 aromatic carbocycles. The molecule has 0 spiro atoms. The molecule has 0 radical (unpaired) electrons. The number of aryl methyl sites for hydroxylation is 1. The van der Waals surface area contributed by atoms with Crippen LogP contribution in [0.3, 0.4) is 0 Å². The second kappa shape index (κ2) is 2.85. The zero-order valence-corrected chi connectivity index (χ0v) is 9.33. The van der Waals surface area contributed by atoms with E-state index in [1.54, 1.807) is 6.92 Å². The molecule has 1 unspecified atom stereocenters. The zero-order valence-electron chi connectivity index (χ0n) is 9.33. The first-order valence-corrected chi connectivity index (χ1v) is 5.18. The van der Waals surface area contributed by atoms with E-state index in [9.17, 15) is 15.0 Å². The van der Waals surface area contributed by atoms with Gasteiger partial charge < -0.3 is 15.2 Å². The smallest absolute Gasteiger partial charge is 0.259 e. The molecule has 6 heteroatoms. The number of fused-ring (bicyclic) bond motifs is 2. The van der Waals surface area contributed by atoms with E-state index in [2.05, 4.69) is 15.3 Å². The monoisotopic (exact) mass is 233 g/mol. The van der Waals surface area contributed by atoms with Crippen LogP contribution in [0, 0.1) is 6.92 Å². The number of aliphatic hydroxyl groups is 1. The molecule has 4 N–H and O–H groups in total. The van der Waals surface area contributed by atoms with Gasteiger partial charge in [-0.2, -0.15) is 0 Å². The topological polar surface area (TPSA) is 98.2 Å². The fourth-order valence-electron chi connectivity index (χ4n) is 2.47. The number of H-pyrrole nitrogens is 1. The van der Waals surface area contributed by atoms with Gasteiger partial charge in [-0.3, -0.25) is 10.1 Å². The summed E-state index contributed by atoms with van der Waals surface area (Å²) in [6, 6.07) is 1.39. The second-order valence-corrected chi connectivity index (χ2v) is 4.16. The highest BCUT2D eigenvalue weighted by Crippen LogP contribution is 2.39. The molecule has 3 aliphatic rings. The van der Waals surface area contributed by atoms with Gasteiger partial charge in [-0.05, 0) is 19.5 Å². The van der Waals surface area contributed by atoms with Gasteiger partial charge in [-0.25, -0.2) is 4.98 Å². The first-order valence-electron chi connectivity index (χ1n) is 5.18. The van der Waals surface area contributed by atoms with Crippen molar-refractivity contribution in [2.45, 2.75) is 12.6 Å². The maximum absolute atomic E-state index is 11.9. The number of phenols is 1. The van der Waals surface area contributed by atoms with Crippen molar-refractivity contribution in [3.05, 3.63) is 33.4 Å². The van der Waals surface area contributed by atoms with Crippen molar-refractivity contribution >= 4 is 10.9 Å². The molecule has 1 atom stereocenters. The van der Waals surface area contributed by atoms with Crippen molar-refractivity contribution in [3.8, 4) is 5.75 Å². The Balaban J connectivity index is 2.66. The fraction of sp³-hybridized carbons (Fsp3) is 0.273. The van der Waals surface area contributed by atoms with Crippen molar-refractivity contribution < 1.29 is 10.2 Å². The van der Waals surface area contributed by atoms with E-state index in [4.69, 9.17) is 0 Å². The van der Waals surface area contributed by atoms with Crippen LogP contribution < -0.4 is 10.9 Å². The molecule has 4 bridgehead atoms. The lowest BCUT2D eigenvalue weighted by Gasteiger charge is -2.26. The fourth-order valence-corrected chi connectivity index (χ4v) is 2.47. The van der Waals surface area contributed by atoms with Crippen LogP contribution in [0.2, 0.25) is 0 Å². The van der Waals surface area contributed by atoms with Crippen LogP contribution in [0.1, 0.15) is 17.0 Å². The van der Waals surface area contributed by atoms with E-state index in [0.29, 0.717) is 16.5 Å². The summed E-state index contributed by atoms with van der Waals surface area (Å²) in [5, 5.41) is 23.6. The number of nitrogens with one attached hydrogen (secondary N) is 2. The number of hydrogen-bond acceptors (Lipinski definition) is 5. The van der Waals surface area contributed by atoms with Crippen LogP contribution in [0.4, 0.5) is 0 Å². The maximum Gasteiger partial charge on any atom is 0.259 e. The highest BCUT2D eigenvalue weighted by molar-refractivity contribution is 5.86. The highest BCUT2D eigenvalue weighted by Gasteiger charge is 2.41. The predicted octanol–water partition coefficient (Wildman–Crippen LogP) is -0.337. The summed E-state index contributed by atoms with van der Waals surface area (Å²) in [5.41, 5.74) is -0.789. The average molecular weight is 233 g/mol. The van der Waals surface area contributed by atoms with Crippen LogP contribution in [0.5, 0.6) is 5.75 Å². The first kappa shape index (κ1) is 10.2. The molecule has 0 saturated carbocycles. The van der Waals surface area contributed by atoms with Crippen LogP contribution in [0.15, 0.2) is 10.9 Å². The Labute approximate surface area is 95.9 Å². The first-order chi connectivity index (χ1) is 7.99. The maximum atomic E-state index is 11.9. The molecule has 4 heterocycles. The zero-order chi connectivity index (χ0) is 12.4. The minimum absolute atomic E-state index is 0.0756. The number of aromatic nitrogens is 2. The van der Waals surface area contributed by atoms with E-state index in [0.717, 1.165) is 0 Å². The van der Waals surface area contributed by atoms with E-state index in [1.807, 2.05) is 0 Å². The number of hydrogen-bond donors (Lipinski definition) is 4. The van der Waals surface area contributed by atoms with Gasteiger partial charge in [0.15, 0.2) is 5.82 Å². The van der Waals surface area contributed by atoms with Crippen LogP contribution >= 0.6 is 0 Å². The van der Waals surface area contributed by atoms with E-state index in [-0.39, 0.29) is 22.7 Å². The molecule has 17 heavy (non-hydrogen) atoms. The number of nitrogens with zero attached hydrogens (tertiary/aromatic N) is 1. The lowest BCUT2D eigenvalue weighted by Crippen LogP contribution is -2.42. The van der Waals surface area contributed by atoms with Gasteiger partial charge in [0, 0.05) is 6.07 Å². The summed E-state index contributed by atoms with van der Waals surface area (Å²) in [5.74, 6) is 0.0178. The van der Waals surface area contributed by atoms with Crippen LogP contribution in [-0.4, -0.2) is 27.2 Å². The normalized spacial score (nSPS) is 21.6. The molecule has 3 aliphatic heterocycles. The summed E-state index contributed by atoms with van der Waals surface area (Å²) in [4.78, 5) is 18.5.